The summed E-state index contributed by atoms with van der Waals surface area (Å²) < 4.78 is 26.7. The van der Waals surface area contributed by atoms with Gasteiger partial charge >= 0.3 is 0 Å². The molecule has 9 heteroatoms. The van der Waals surface area contributed by atoms with E-state index in [2.05, 4.69) is 5.32 Å². The number of hydrogen-bond acceptors (Lipinski definition) is 4. The van der Waals surface area contributed by atoms with E-state index in [9.17, 15) is 18.0 Å². The fourth-order valence-corrected chi connectivity index (χ4v) is 5.92. The molecule has 1 unspecified atom stereocenters. The molecule has 1 atom stereocenters. The molecule has 3 aromatic carbocycles. The zero-order valence-electron chi connectivity index (χ0n) is 25.1. The van der Waals surface area contributed by atoms with E-state index in [1.54, 1.807) is 29.2 Å². The summed E-state index contributed by atoms with van der Waals surface area (Å²) >= 11 is 6.26. The number of nitrogens with zero attached hydrogens (tertiary/aromatic N) is 2. The molecule has 0 heterocycles. The average Bonchev–Trinajstić information content (AvgIpc) is 2.92. The summed E-state index contributed by atoms with van der Waals surface area (Å²) in [5.41, 5.74) is 2.89. The molecule has 0 aliphatic carbocycles. The van der Waals surface area contributed by atoms with E-state index in [0.29, 0.717) is 17.1 Å². The van der Waals surface area contributed by atoms with Crippen molar-refractivity contribution in [3.05, 3.63) is 101 Å². The SMILES string of the molecule is CCc1ccc(N(CCCC(=O)N(Cc2cccc(Cl)c2)C(Cc2ccccc2)C(=O)NC(C)(C)C)S(C)(=O)=O)cc1. The molecule has 0 bridgehead atoms. The second-order valence-electron chi connectivity index (χ2n) is 11.6. The molecule has 0 spiro atoms. The molecule has 3 aromatic rings. The van der Waals surface area contributed by atoms with E-state index in [1.807, 2.05) is 82.3 Å². The number of halogens is 1. The van der Waals surface area contributed by atoms with Gasteiger partial charge in [-0.25, -0.2) is 8.42 Å². The number of aryl methyl sites for hydroxylation is 1. The van der Waals surface area contributed by atoms with Crippen LogP contribution in [0.15, 0.2) is 78.9 Å². The summed E-state index contributed by atoms with van der Waals surface area (Å²) in [6.45, 7) is 8.07. The number of nitrogens with one attached hydrogen (secondary N) is 1. The Morgan fingerprint density at radius 2 is 1.55 bits per heavy atom. The summed E-state index contributed by atoms with van der Waals surface area (Å²) in [5.74, 6) is -0.495. The predicted octanol–water partition coefficient (Wildman–Crippen LogP) is 6.00. The van der Waals surface area contributed by atoms with E-state index < -0.39 is 21.6 Å². The topological polar surface area (TPSA) is 86.8 Å². The monoisotopic (exact) mass is 611 g/mol. The van der Waals surface area contributed by atoms with Gasteiger partial charge < -0.3 is 10.2 Å². The lowest BCUT2D eigenvalue weighted by atomic mass is 10.00. The Balaban J connectivity index is 1.89. The van der Waals surface area contributed by atoms with Crippen molar-refractivity contribution in [1.29, 1.82) is 0 Å². The van der Waals surface area contributed by atoms with Crippen LogP contribution in [0.25, 0.3) is 0 Å². The van der Waals surface area contributed by atoms with Gasteiger partial charge in [-0.2, -0.15) is 0 Å². The highest BCUT2D eigenvalue weighted by Crippen LogP contribution is 2.22. The fraction of sp³-hybridized carbons (Fsp3) is 0.394. The lowest BCUT2D eigenvalue weighted by Gasteiger charge is -2.34. The van der Waals surface area contributed by atoms with E-state index in [0.717, 1.165) is 23.1 Å². The van der Waals surface area contributed by atoms with Crippen LogP contribution in [0.5, 0.6) is 0 Å². The third kappa shape index (κ3) is 10.2. The summed E-state index contributed by atoms with van der Waals surface area (Å²) in [6.07, 6.45) is 2.69. The Kier molecular flexibility index (Phi) is 11.6. The summed E-state index contributed by atoms with van der Waals surface area (Å²) in [6, 6.07) is 23.5. The first kappa shape index (κ1) is 33.1. The van der Waals surface area contributed by atoms with Crippen molar-refractivity contribution < 1.29 is 18.0 Å². The fourth-order valence-electron chi connectivity index (χ4n) is 4.74. The van der Waals surface area contributed by atoms with Gasteiger partial charge in [-0.3, -0.25) is 13.9 Å². The number of rotatable bonds is 13. The Hall–Kier alpha value is -3.36. The largest absolute Gasteiger partial charge is 0.350 e. The number of sulfonamides is 1. The molecule has 42 heavy (non-hydrogen) atoms. The van der Waals surface area contributed by atoms with Crippen LogP contribution in [-0.4, -0.2) is 49.5 Å². The van der Waals surface area contributed by atoms with Crippen LogP contribution in [0.3, 0.4) is 0 Å². The highest BCUT2D eigenvalue weighted by atomic mass is 35.5. The van der Waals surface area contributed by atoms with Crippen molar-refractivity contribution in [2.45, 2.75) is 71.5 Å². The van der Waals surface area contributed by atoms with Crippen molar-refractivity contribution >= 4 is 39.1 Å². The second kappa shape index (κ2) is 14.7. The molecule has 226 valence electrons. The van der Waals surface area contributed by atoms with Crippen molar-refractivity contribution in [2.24, 2.45) is 0 Å². The van der Waals surface area contributed by atoms with Crippen LogP contribution in [0.4, 0.5) is 5.69 Å². The minimum atomic E-state index is -3.57. The van der Waals surface area contributed by atoms with Crippen LogP contribution in [-0.2, 0) is 39.0 Å². The van der Waals surface area contributed by atoms with Gasteiger partial charge in [0, 0.05) is 36.5 Å². The molecular weight excluding hydrogens is 570 g/mol. The maximum atomic E-state index is 13.9. The highest BCUT2D eigenvalue weighted by Gasteiger charge is 2.32. The Morgan fingerprint density at radius 3 is 2.12 bits per heavy atom. The highest BCUT2D eigenvalue weighted by molar-refractivity contribution is 7.92. The maximum Gasteiger partial charge on any atom is 0.243 e. The first-order valence-corrected chi connectivity index (χ1v) is 16.5. The molecule has 0 fully saturated rings. The number of hydrogen-bond donors (Lipinski definition) is 1. The van der Waals surface area contributed by atoms with Crippen molar-refractivity contribution in [3.8, 4) is 0 Å². The van der Waals surface area contributed by atoms with Crippen LogP contribution >= 0.6 is 11.6 Å². The second-order valence-corrected chi connectivity index (χ2v) is 13.9. The Bertz CT molecular complexity index is 1440. The minimum Gasteiger partial charge on any atom is -0.350 e. The van der Waals surface area contributed by atoms with Crippen molar-refractivity contribution in [3.63, 3.8) is 0 Å². The normalized spacial score (nSPS) is 12.4. The molecule has 0 radical (unpaired) electrons. The van der Waals surface area contributed by atoms with Crippen LogP contribution in [0.1, 0.15) is 57.2 Å². The molecule has 1 N–H and O–H groups in total. The lowest BCUT2D eigenvalue weighted by Crippen LogP contribution is -2.54. The van der Waals surface area contributed by atoms with E-state index in [1.165, 1.54) is 10.6 Å². The Labute approximate surface area is 255 Å². The lowest BCUT2D eigenvalue weighted by molar-refractivity contribution is -0.142. The van der Waals surface area contributed by atoms with Gasteiger partial charge in [-0.1, -0.05) is 73.1 Å². The van der Waals surface area contributed by atoms with E-state index in [-0.39, 0.29) is 37.7 Å². The molecule has 0 aliphatic rings. The van der Waals surface area contributed by atoms with Crippen LogP contribution in [0.2, 0.25) is 5.02 Å². The van der Waals surface area contributed by atoms with Gasteiger partial charge in [0.2, 0.25) is 21.8 Å². The molecular formula is C33H42ClN3O4S. The first-order valence-electron chi connectivity index (χ1n) is 14.2. The summed E-state index contributed by atoms with van der Waals surface area (Å²) in [7, 11) is -3.57. The summed E-state index contributed by atoms with van der Waals surface area (Å²) in [5, 5.41) is 3.59. The van der Waals surface area contributed by atoms with Gasteiger partial charge in [0.25, 0.3) is 0 Å². The summed E-state index contributed by atoms with van der Waals surface area (Å²) in [4.78, 5) is 29.2. The molecule has 7 nitrogen and oxygen atoms in total. The van der Waals surface area contributed by atoms with Gasteiger partial charge in [-0.15, -0.1) is 0 Å². The van der Waals surface area contributed by atoms with E-state index >= 15 is 0 Å². The van der Waals surface area contributed by atoms with Crippen molar-refractivity contribution in [1.82, 2.24) is 10.2 Å². The smallest absolute Gasteiger partial charge is 0.243 e. The van der Waals surface area contributed by atoms with Crippen LogP contribution in [0, 0.1) is 0 Å². The minimum absolute atomic E-state index is 0.0632. The molecule has 3 rings (SSSR count). The van der Waals surface area contributed by atoms with Crippen LogP contribution < -0.4 is 9.62 Å². The quantitative estimate of drug-likeness (QED) is 0.257. The Morgan fingerprint density at radius 1 is 0.905 bits per heavy atom. The van der Waals surface area contributed by atoms with Crippen molar-refractivity contribution in [2.75, 3.05) is 17.1 Å². The standard InChI is InChI=1S/C33H42ClN3O4S/c1-6-25-17-19-29(20-18-25)37(42(5,40)41)21-11-16-31(38)36(24-27-14-10-15-28(34)22-27)30(32(39)35-33(2,3)4)23-26-12-8-7-9-13-26/h7-10,12-15,17-20,22,30H,6,11,16,21,23-24H2,1-5H3,(H,35,39). The average molecular weight is 612 g/mol. The number of benzene rings is 3. The molecule has 0 aromatic heterocycles. The molecule has 0 saturated carbocycles. The molecule has 0 aliphatic heterocycles. The zero-order valence-corrected chi connectivity index (χ0v) is 26.7. The number of anilines is 1. The third-order valence-electron chi connectivity index (χ3n) is 6.80. The van der Waals surface area contributed by atoms with Gasteiger partial charge in [0.1, 0.15) is 6.04 Å². The van der Waals surface area contributed by atoms with Gasteiger partial charge in [-0.05, 0) is 74.6 Å². The molecule has 0 saturated heterocycles. The van der Waals surface area contributed by atoms with Gasteiger partial charge in [0.15, 0.2) is 0 Å². The number of carbonyl (C=O) groups is 2. The van der Waals surface area contributed by atoms with E-state index in [4.69, 9.17) is 11.6 Å². The third-order valence-corrected chi connectivity index (χ3v) is 8.23. The first-order chi connectivity index (χ1) is 19.8. The zero-order chi connectivity index (χ0) is 30.9. The number of amides is 2. The number of carbonyl (C=O) groups excluding carboxylic acids is 2. The maximum absolute atomic E-state index is 13.9. The van der Waals surface area contributed by atoms with Gasteiger partial charge in [0.05, 0.1) is 11.9 Å². The predicted molar refractivity (Wildman–Crippen MR) is 171 cm³/mol. The molecule has 2 amide bonds.